The lowest BCUT2D eigenvalue weighted by molar-refractivity contribution is -0.130. The molecule has 0 aromatic carbocycles. The Kier molecular flexibility index (Phi) is 4.60. The average molecular weight is 263 g/mol. The van der Waals surface area contributed by atoms with Crippen molar-refractivity contribution in [2.24, 2.45) is 5.92 Å². The molecule has 1 aliphatic rings. The van der Waals surface area contributed by atoms with Crippen molar-refractivity contribution in [1.29, 1.82) is 0 Å². The summed E-state index contributed by atoms with van der Waals surface area (Å²) in [5.74, 6) is 1.32. The number of carbonyl (C=O) groups excluding carboxylic acids is 1. The first-order valence-corrected chi connectivity index (χ1v) is 6.75. The number of pyridine rings is 1. The van der Waals surface area contributed by atoms with Gasteiger partial charge in [-0.05, 0) is 37.3 Å². The summed E-state index contributed by atoms with van der Waals surface area (Å²) in [6.45, 7) is 4.00. The quantitative estimate of drug-likeness (QED) is 0.897. The van der Waals surface area contributed by atoms with E-state index in [0.29, 0.717) is 24.1 Å². The number of carbonyl (C=O) groups is 1. The summed E-state index contributed by atoms with van der Waals surface area (Å²) in [5.41, 5.74) is 6.34. The van der Waals surface area contributed by atoms with Crippen LogP contribution in [0, 0.1) is 5.92 Å². The van der Waals surface area contributed by atoms with Crippen LogP contribution < -0.4 is 10.5 Å². The maximum Gasteiger partial charge on any atom is 0.237 e. The van der Waals surface area contributed by atoms with E-state index in [1.807, 2.05) is 4.90 Å². The van der Waals surface area contributed by atoms with Gasteiger partial charge in [-0.25, -0.2) is 4.98 Å². The minimum Gasteiger partial charge on any atom is -0.476 e. The van der Waals surface area contributed by atoms with Crippen LogP contribution in [0.15, 0.2) is 18.3 Å². The first kappa shape index (κ1) is 13.6. The summed E-state index contributed by atoms with van der Waals surface area (Å²) in [7, 11) is 0. The van der Waals surface area contributed by atoms with Crippen LogP contribution in [0.25, 0.3) is 0 Å². The van der Waals surface area contributed by atoms with Crippen LogP contribution in [-0.2, 0) is 4.79 Å². The second-order valence-corrected chi connectivity index (χ2v) is 4.98. The van der Waals surface area contributed by atoms with Crippen molar-refractivity contribution in [2.75, 3.05) is 25.4 Å². The normalized spacial score (nSPS) is 16.4. The lowest BCUT2D eigenvalue weighted by Gasteiger charge is -2.31. The number of nitrogen functional groups attached to an aromatic ring is 1. The van der Waals surface area contributed by atoms with Gasteiger partial charge in [0.05, 0.1) is 12.3 Å². The molecule has 1 aliphatic heterocycles. The van der Waals surface area contributed by atoms with Crippen molar-refractivity contribution in [3.8, 4) is 5.88 Å². The number of hydrogen-bond donors (Lipinski definition) is 1. The molecule has 0 unspecified atom stereocenters. The smallest absolute Gasteiger partial charge is 0.237 e. The Labute approximate surface area is 113 Å². The van der Waals surface area contributed by atoms with Gasteiger partial charge in [0.1, 0.15) is 0 Å². The van der Waals surface area contributed by atoms with Gasteiger partial charge in [0.15, 0.2) is 0 Å². The van der Waals surface area contributed by atoms with Crippen LogP contribution in [-0.4, -0.2) is 35.5 Å². The van der Waals surface area contributed by atoms with Gasteiger partial charge in [-0.1, -0.05) is 0 Å². The van der Waals surface area contributed by atoms with Gasteiger partial charge >= 0.3 is 0 Å². The van der Waals surface area contributed by atoms with Crippen molar-refractivity contribution in [3.63, 3.8) is 0 Å². The zero-order chi connectivity index (χ0) is 13.7. The highest BCUT2D eigenvalue weighted by molar-refractivity contribution is 5.73. The molecule has 5 heteroatoms. The van der Waals surface area contributed by atoms with E-state index in [9.17, 15) is 4.79 Å². The molecule has 2 heterocycles. The van der Waals surface area contributed by atoms with Crippen LogP contribution in [0.5, 0.6) is 5.88 Å². The van der Waals surface area contributed by atoms with Gasteiger partial charge in [0.2, 0.25) is 11.8 Å². The number of anilines is 1. The third-order valence-electron chi connectivity index (χ3n) is 3.63. The molecule has 0 radical (unpaired) electrons. The van der Waals surface area contributed by atoms with Crippen molar-refractivity contribution >= 4 is 11.6 Å². The Morgan fingerprint density at radius 3 is 2.89 bits per heavy atom. The maximum absolute atomic E-state index is 11.2. The van der Waals surface area contributed by atoms with Crippen LogP contribution in [0.4, 0.5) is 5.69 Å². The maximum atomic E-state index is 11.2. The molecule has 0 aliphatic carbocycles. The Morgan fingerprint density at radius 2 is 2.26 bits per heavy atom. The molecule has 1 amide bonds. The standard InChI is InChI=1S/C14H21N3O2/c1-11(18)17-8-4-12(5-9-17)6-10-19-14-13(15)3-2-7-16-14/h2-3,7,12H,4-6,8-10,15H2,1H3. The summed E-state index contributed by atoms with van der Waals surface area (Å²) in [4.78, 5) is 17.2. The summed E-state index contributed by atoms with van der Waals surface area (Å²) >= 11 is 0. The number of aromatic nitrogens is 1. The highest BCUT2D eigenvalue weighted by Gasteiger charge is 2.20. The zero-order valence-corrected chi connectivity index (χ0v) is 11.3. The fourth-order valence-electron chi connectivity index (χ4n) is 2.38. The number of ether oxygens (including phenoxy) is 1. The molecule has 104 valence electrons. The molecule has 0 atom stereocenters. The van der Waals surface area contributed by atoms with Crippen molar-refractivity contribution < 1.29 is 9.53 Å². The number of amides is 1. The molecule has 2 rings (SSSR count). The molecule has 1 saturated heterocycles. The van der Waals surface area contributed by atoms with Crippen LogP contribution >= 0.6 is 0 Å². The zero-order valence-electron chi connectivity index (χ0n) is 11.3. The number of nitrogens with two attached hydrogens (primary N) is 1. The predicted molar refractivity (Wildman–Crippen MR) is 73.7 cm³/mol. The summed E-state index contributed by atoms with van der Waals surface area (Å²) < 4.78 is 5.60. The molecule has 19 heavy (non-hydrogen) atoms. The summed E-state index contributed by atoms with van der Waals surface area (Å²) in [6.07, 6.45) is 4.78. The number of rotatable bonds is 4. The molecule has 1 aromatic rings. The van der Waals surface area contributed by atoms with Crippen LogP contribution in [0.3, 0.4) is 0 Å². The van der Waals surface area contributed by atoms with Crippen molar-refractivity contribution in [3.05, 3.63) is 18.3 Å². The van der Waals surface area contributed by atoms with E-state index in [-0.39, 0.29) is 5.91 Å². The van der Waals surface area contributed by atoms with Crippen LogP contribution in [0.2, 0.25) is 0 Å². The fraction of sp³-hybridized carbons (Fsp3) is 0.571. The Bertz CT molecular complexity index is 428. The van der Waals surface area contributed by atoms with Gasteiger partial charge in [-0.2, -0.15) is 0 Å². The number of hydrogen-bond acceptors (Lipinski definition) is 4. The second-order valence-electron chi connectivity index (χ2n) is 4.98. The van der Waals surface area contributed by atoms with E-state index in [1.165, 1.54) is 0 Å². The minimum absolute atomic E-state index is 0.177. The van der Waals surface area contributed by atoms with Gasteiger partial charge in [0.25, 0.3) is 0 Å². The van der Waals surface area contributed by atoms with E-state index < -0.39 is 0 Å². The van der Waals surface area contributed by atoms with E-state index in [4.69, 9.17) is 10.5 Å². The van der Waals surface area contributed by atoms with Crippen molar-refractivity contribution in [2.45, 2.75) is 26.2 Å². The number of piperidine rings is 1. The Hall–Kier alpha value is -1.78. The fourth-order valence-corrected chi connectivity index (χ4v) is 2.38. The molecular formula is C14H21N3O2. The Balaban J connectivity index is 1.70. The third kappa shape index (κ3) is 3.84. The molecule has 0 bridgehead atoms. The third-order valence-corrected chi connectivity index (χ3v) is 3.63. The van der Waals surface area contributed by atoms with Crippen molar-refractivity contribution in [1.82, 2.24) is 9.88 Å². The van der Waals surface area contributed by atoms with Gasteiger partial charge in [0, 0.05) is 26.2 Å². The van der Waals surface area contributed by atoms with Gasteiger partial charge in [-0.3, -0.25) is 4.79 Å². The lowest BCUT2D eigenvalue weighted by atomic mass is 9.94. The van der Waals surface area contributed by atoms with Crippen LogP contribution in [0.1, 0.15) is 26.2 Å². The highest BCUT2D eigenvalue weighted by Crippen LogP contribution is 2.22. The largest absolute Gasteiger partial charge is 0.476 e. The summed E-state index contributed by atoms with van der Waals surface area (Å²) in [6, 6.07) is 3.58. The molecule has 0 saturated carbocycles. The van der Waals surface area contributed by atoms with E-state index in [2.05, 4.69) is 4.98 Å². The van der Waals surface area contributed by atoms with E-state index in [0.717, 1.165) is 32.4 Å². The molecular weight excluding hydrogens is 242 g/mol. The SMILES string of the molecule is CC(=O)N1CCC(CCOc2ncccc2N)CC1. The molecule has 5 nitrogen and oxygen atoms in total. The van der Waals surface area contributed by atoms with E-state index >= 15 is 0 Å². The van der Waals surface area contributed by atoms with Gasteiger partial charge in [-0.15, -0.1) is 0 Å². The number of likely N-dealkylation sites (tertiary alicyclic amines) is 1. The molecule has 1 fully saturated rings. The molecule has 2 N–H and O–H groups in total. The predicted octanol–water partition coefficient (Wildman–Crippen LogP) is 1.69. The average Bonchev–Trinajstić information content (AvgIpc) is 2.41. The second kappa shape index (κ2) is 6.41. The minimum atomic E-state index is 0.177. The van der Waals surface area contributed by atoms with Gasteiger partial charge < -0.3 is 15.4 Å². The highest BCUT2D eigenvalue weighted by atomic mass is 16.5. The first-order chi connectivity index (χ1) is 9.16. The summed E-state index contributed by atoms with van der Waals surface area (Å²) in [5, 5.41) is 0. The van der Waals surface area contributed by atoms with E-state index in [1.54, 1.807) is 25.3 Å². The monoisotopic (exact) mass is 263 g/mol. The Morgan fingerprint density at radius 1 is 1.53 bits per heavy atom. The topological polar surface area (TPSA) is 68.5 Å². The molecule has 0 spiro atoms. The lowest BCUT2D eigenvalue weighted by Crippen LogP contribution is -2.37. The first-order valence-electron chi connectivity index (χ1n) is 6.75. The molecule has 1 aromatic heterocycles. The number of nitrogens with zero attached hydrogens (tertiary/aromatic N) is 2.